The number of hydrogen-bond donors (Lipinski definition) is 2. The monoisotopic (exact) mass is 230 g/mol. The molecule has 0 amide bonds. The van der Waals surface area contributed by atoms with E-state index in [9.17, 15) is 4.79 Å². The summed E-state index contributed by atoms with van der Waals surface area (Å²) in [6.45, 7) is 1.25. The summed E-state index contributed by atoms with van der Waals surface area (Å²) in [4.78, 5) is 24.5. The second-order valence-electron chi connectivity index (χ2n) is 3.80. The number of benzene rings is 1. The fourth-order valence-electron chi connectivity index (χ4n) is 1.87. The summed E-state index contributed by atoms with van der Waals surface area (Å²) in [5.41, 5.74) is 1.43. The number of aromatic amines is 1. The van der Waals surface area contributed by atoms with E-state index in [-0.39, 0.29) is 5.56 Å². The summed E-state index contributed by atoms with van der Waals surface area (Å²) in [7, 11) is 0. The molecule has 0 spiro atoms. The number of para-hydroxylation sites is 1. The summed E-state index contributed by atoms with van der Waals surface area (Å²) in [5, 5.41) is 9.07. The molecular formula is C11H10N4O2. The van der Waals surface area contributed by atoms with Gasteiger partial charge in [-0.25, -0.2) is 9.78 Å². The Kier molecular flexibility index (Phi) is 2.07. The number of anilines is 1. The number of aromatic nitrogens is 2. The molecule has 17 heavy (non-hydrogen) atoms. The van der Waals surface area contributed by atoms with Crippen LogP contribution in [-0.2, 0) is 0 Å². The Morgan fingerprint density at radius 1 is 1.47 bits per heavy atom. The summed E-state index contributed by atoms with van der Waals surface area (Å²) in [6.07, 6.45) is 1.81. The first-order chi connectivity index (χ1) is 8.25. The van der Waals surface area contributed by atoms with Gasteiger partial charge in [-0.2, -0.15) is 0 Å². The van der Waals surface area contributed by atoms with Crippen LogP contribution in [0.3, 0.4) is 0 Å². The van der Waals surface area contributed by atoms with Crippen molar-refractivity contribution in [1.29, 1.82) is 0 Å². The molecule has 86 valence electrons. The van der Waals surface area contributed by atoms with Crippen LogP contribution in [0.15, 0.2) is 23.2 Å². The summed E-state index contributed by atoms with van der Waals surface area (Å²) in [6, 6.07) is 5.07. The average Bonchev–Trinajstić information content (AvgIpc) is 2.96. The van der Waals surface area contributed by atoms with Crippen LogP contribution in [0.1, 0.15) is 10.4 Å². The van der Waals surface area contributed by atoms with Crippen molar-refractivity contribution in [1.82, 2.24) is 9.97 Å². The van der Waals surface area contributed by atoms with E-state index in [0.29, 0.717) is 24.7 Å². The van der Waals surface area contributed by atoms with E-state index in [1.165, 1.54) is 0 Å². The van der Waals surface area contributed by atoms with Crippen LogP contribution in [-0.4, -0.2) is 40.5 Å². The topological polar surface area (TPSA) is 81.6 Å². The molecule has 6 heteroatoms. The Labute approximate surface area is 96.6 Å². The Bertz CT molecular complexity index is 609. The molecule has 0 fully saturated rings. The lowest BCUT2D eigenvalue weighted by Crippen LogP contribution is -2.20. The van der Waals surface area contributed by atoms with Crippen LogP contribution in [0.5, 0.6) is 0 Å². The smallest absolute Gasteiger partial charge is 0.337 e. The molecule has 2 heterocycles. The van der Waals surface area contributed by atoms with Gasteiger partial charge in [0.25, 0.3) is 0 Å². The maximum Gasteiger partial charge on any atom is 0.337 e. The van der Waals surface area contributed by atoms with Crippen molar-refractivity contribution in [3.8, 4) is 0 Å². The number of nitrogens with one attached hydrogen (secondary N) is 1. The minimum atomic E-state index is -0.966. The maximum absolute atomic E-state index is 11.1. The molecule has 0 aliphatic carbocycles. The number of aliphatic imine (C=N–C) groups is 1. The second-order valence-corrected chi connectivity index (χ2v) is 3.80. The number of nitrogens with zero attached hydrogens (tertiary/aromatic N) is 3. The predicted molar refractivity (Wildman–Crippen MR) is 63.8 cm³/mol. The number of rotatable bonds is 2. The highest BCUT2D eigenvalue weighted by molar-refractivity contribution is 6.01. The molecule has 0 unspecified atom stereocenters. The van der Waals surface area contributed by atoms with Gasteiger partial charge in [-0.3, -0.25) is 4.99 Å². The Morgan fingerprint density at radius 3 is 3.06 bits per heavy atom. The van der Waals surface area contributed by atoms with Crippen molar-refractivity contribution in [2.45, 2.75) is 0 Å². The molecule has 0 saturated heterocycles. The number of carbonyl (C=O) groups is 1. The van der Waals surface area contributed by atoms with Crippen LogP contribution in [0.2, 0.25) is 0 Å². The van der Waals surface area contributed by atoms with Crippen molar-refractivity contribution in [3.05, 3.63) is 23.8 Å². The number of carboxylic acid groups (broad SMARTS) is 1. The number of H-pyrrole nitrogens is 1. The molecule has 2 aromatic rings. The van der Waals surface area contributed by atoms with E-state index in [4.69, 9.17) is 5.11 Å². The molecular weight excluding hydrogens is 220 g/mol. The Balaban J connectivity index is 2.12. The van der Waals surface area contributed by atoms with E-state index in [1.807, 2.05) is 17.2 Å². The van der Waals surface area contributed by atoms with Gasteiger partial charge < -0.3 is 15.0 Å². The lowest BCUT2D eigenvalue weighted by atomic mass is 10.2. The van der Waals surface area contributed by atoms with E-state index in [0.717, 1.165) is 5.52 Å². The van der Waals surface area contributed by atoms with Gasteiger partial charge in [0.1, 0.15) is 12.2 Å². The summed E-state index contributed by atoms with van der Waals surface area (Å²) < 4.78 is 0. The average molecular weight is 230 g/mol. The van der Waals surface area contributed by atoms with Gasteiger partial charge in [-0.1, -0.05) is 6.07 Å². The van der Waals surface area contributed by atoms with E-state index in [2.05, 4.69) is 15.0 Å². The van der Waals surface area contributed by atoms with Gasteiger partial charge in [0.2, 0.25) is 5.95 Å². The van der Waals surface area contributed by atoms with Crippen molar-refractivity contribution in [2.75, 3.05) is 18.1 Å². The van der Waals surface area contributed by atoms with Crippen LogP contribution in [0.25, 0.3) is 11.0 Å². The van der Waals surface area contributed by atoms with Crippen molar-refractivity contribution in [3.63, 3.8) is 0 Å². The quantitative estimate of drug-likeness (QED) is 0.809. The molecule has 1 aromatic carbocycles. The van der Waals surface area contributed by atoms with Crippen LogP contribution in [0.4, 0.5) is 5.95 Å². The van der Waals surface area contributed by atoms with E-state index in [1.54, 1.807) is 12.1 Å². The van der Waals surface area contributed by atoms with E-state index >= 15 is 0 Å². The number of carboxylic acids is 1. The third-order valence-corrected chi connectivity index (χ3v) is 2.71. The van der Waals surface area contributed by atoms with Crippen molar-refractivity contribution < 1.29 is 9.90 Å². The first-order valence-corrected chi connectivity index (χ1v) is 5.21. The third-order valence-electron chi connectivity index (χ3n) is 2.71. The maximum atomic E-state index is 11.1. The highest BCUT2D eigenvalue weighted by Crippen LogP contribution is 2.21. The molecule has 3 rings (SSSR count). The van der Waals surface area contributed by atoms with Gasteiger partial charge in [-0.05, 0) is 12.1 Å². The molecule has 2 N–H and O–H groups in total. The number of fused-ring (bicyclic) bond motifs is 1. The largest absolute Gasteiger partial charge is 0.478 e. The molecule has 1 aliphatic heterocycles. The van der Waals surface area contributed by atoms with Gasteiger partial charge in [-0.15, -0.1) is 0 Å². The van der Waals surface area contributed by atoms with Crippen LogP contribution in [0, 0.1) is 0 Å². The lowest BCUT2D eigenvalue weighted by Gasteiger charge is -2.10. The zero-order valence-electron chi connectivity index (χ0n) is 8.92. The molecule has 0 radical (unpaired) electrons. The predicted octanol–water partition coefficient (Wildman–Crippen LogP) is 1.11. The molecule has 0 atom stereocenters. The van der Waals surface area contributed by atoms with Crippen LogP contribution < -0.4 is 4.90 Å². The van der Waals surface area contributed by atoms with Gasteiger partial charge in [0.15, 0.2) is 0 Å². The molecule has 1 aromatic heterocycles. The first-order valence-electron chi connectivity index (χ1n) is 5.21. The zero-order chi connectivity index (χ0) is 11.8. The Hall–Kier alpha value is -2.37. The SMILES string of the molecule is O=C(O)c1cccc2[nH]c(N3CC=NC3)nc12. The fraction of sp³-hybridized carbons (Fsp3) is 0.182. The van der Waals surface area contributed by atoms with Gasteiger partial charge >= 0.3 is 5.97 Å². The zero-order valence-corrected chi connectivity index (χ0v) is 8.92. The number of imidazole rings is 1. The second kappa shape index (κ2) is 3.58. The molecule has 0 bridgehead atoms. The summed E-state index contributed by atoms with van der Waals surface area (Å²) in [5.74, 6) is -0.308. The molecule has 0 saturated carbocycles. The summed E-state index contributed by atoms with van der Waals surface area (Å²) >= 11 is 0. The van der Waals surface area contributed by atoms with E-state index < -0.39 is 5.97 Å². The highest BCUT2D eigenvalue weighted by Gasteiger charge is 2.16. The van der Waals surface area contributed by atoms with Gasteiger partial charge in [0, 0.05) is 6.21 Å². The van der Waals surface area contributed by atoms with Crippen molar-refractivity contribution >= 4 is 29.2 Å². The number of aromatic carboxylic acids is 1. The minimum absolute atomic E-state index is 0.213. The normalized spacial score (nSPS) is 14.7. The fourth-order valence-corrected chi connectivity index (χ4v) is 1.87. The minimum Gasteiger partial charge on any atom is -0.478 e. The van der Waals surface area contributed by atoms with Gasteiger partial charge in [0.05, 0.1) is 17.6 Å². The molecule has 1 aliphatic rings. The first kappa shape index (κ1) is 9.83. The standard InChI is InChI=1S/C11H10N4O2/c16-10(17)7-2-1-3-8-9(7)14-11(13-8)15-5-4-12-6-15/h1-4H,5-6H2,(H,13,14)(H,16,17). The van der Waals surface area contributed by atoms with Crippen LogP contribution >= 0.6 is 0 Å². The molecule has 6 nitrogen and oxygen atoms in total. The van der Waals surface area contributed by atoms with Crippen molar-refractivity contribution in [2.24, 2.45) is 4.99 Å². The third kappa shape index (κ3) is 1.54. The number of hydrogen-bond acceptors (Lipinski definition) is 4. The Morgan fingerprint density at radius 2 is 2.35 bits per heavy atom. The lowest BCUT2D eigenvalue weighted by molar-refractivity contribution is 0.0699. The highest BCUT2D eigenvalue weighted by atomic mass is 16.4.